The third kappa shape index (κ3) is 2.05. The Hall–Kier alpha value is -1.05. The smallest absolute Gasteiger partial charge is 0.0616 e. The first-order chi connectivity index (χ1) is 8.93. The van der Waals surface area contributed by atoms with Crippen molar-refractivity contribution in [1.29, 1.82) is 0 Å². The molecule has 1 heteroatoms. The van der Waals surface area contributed by atoms with Gasteiger partial charge in [0.05, 0.1) is 0 Å². The maximum absolute atomic E-state index is 2.35. The van der Waals surface area contributed by atoms with E-state index in [1.165, 1.54) is 47.2 Å². The zero-order chi connectivity index (χ0) is 11.9. The summed E-state index contributed by atoms with van der Waals surface area (Å²) in [6.45, 7) is 0. The summed E-state index contributed by atoms with van der Waals surface area (Å²) in [4.78, 5) is 0. The topological polar surface area (TPSA) is 0 Å². The molecule has 0 spiro atoms. The van der Waals surface area contributed by atoms with Crippen LogP contribution in [0.15, 0.2) is 48.5 Å². The van der Waals surface area contributed by atoms with Gasteiger partial charge < -0.3 is 0 Å². The van der Waals surface area contributed by atoms with Gasteiger partial charge in [0.2, 0.25) is 0 Å². The molecule has 0 saturated heterocycles. The molecule has 0 amide bonds. The fourth-order valence-electron chi connectivity index (χ4n) is 3.34. The zero-order valence-electron chi connectivity index (χ0n) is 10.4. The monoisotopic (exact) mass is 258 g/mol. The first kappa shape index (κ1) is 13.0. The molecule has 0 unspecified atom stereocenters. The highest BCUT2D eigenvalue weighted by molar-refractivity contribution is 6.08. The second-order valence-corrected chi connectivity index (χ2v) is 5.29. The summed E-state index contributed by atoms with van der Waals surface area (Å²) in [5, 5.41) is 5.64. The molecule has 0 heterocycles. The Kier molecular flexibility index (Phi) is 3.51. The summed E-state index contributed by atoms with van der Waals surface area (Å²) in [6.07, 6.45) is 5.22. The molecule has 0 N–H and O–H groups in total. The van der Waals surface area contributed by atoms with Gasteiger partial charge in [0, 0.05) is 0 Å². The van der Waals surface area contributed by atoms with Crippen LogP contribution in [0.25, 0.3) is 21.5 Å². The summed E-state index contributed by atoms with van der Waals surface area (Å²) >= 11 is 0. The number of benzene rings is 3. The minimum atomic E-state index is 0. The molecular weight excluding hydrogens is 241 g/mol. The maximum Gasteiger partial charge on any atom is 0.316 e. The molecule has 0 nitrogen and oxygen atoms in total. The Morgan fingerprint density at radius 2 is 1.42 bits per heavy atom. The first-order valence-corrected chi connectivity index (χ1v) is 6.86. The maximum atomic E-state index is 2.35. The van der Waals surface area contributed by atoms with Gasteiger partial charge in [0.25, 0.3) is 0 Å². The largest absolute Gasteiger partial charge is 0.316 e. The van der Waals surface area contributed by atoms with Gasteiger partial charge in [0.1, 0.15) is 0 Å². The third-order valence-electron chi connectivity index (χ3n) is 4.26. The van der Waals surface area contributed by atoms with Gasteiger partial charge >= 0.3 is 23.1 Å². The minimum absolute atomic E-state index is 0. The Labute approximate surface area is 130 Å². The highest BCUT2D eigenvalue weighted by Crippen LogP contribution is 2.32. The lowest BCUT2D eigenvalue weighted by Gasteiger charge is -2.18. The second kappa shape index (κ2) is 5.14. The molecule has 1 aliphatic rings. The zero-order valence-corrected chi connectivity index (χ0v) is 10.4. The minimum Gasteiger partial charge on any atom is -0.0616 e. The van der Waals surface area contributed by atoms with E-state index in [1.54, 1.807) is 11.1 Å². The molecule has 3 aromatic carbocycles. The number of aryl methyl sites for hydroxylation is 2. The Balaban J connectivity index is 0.00000110. The van der Waals surface area contributed by atoms with E-state index in [4.69, 9.17) is 0 Å². The first-order valence-electron chi connectivity index (χ1n) is 6.86. The van der Waals surface area contributed by atoms with Crippen molar-refractivity contribution >= 4 is 44.6 Å². The van der Waals surface area contributed by atoms with Crippen molar-refractivity contribution in [3.8, 4) is 0 Å². The van der Waals surface area contributed by atoms with Crippen molar-refractivity contribution in [3.63, 3.8) is 0 Å². The van der Waals surface area contributed by atoms with Crippen LogP contribution in [0.3, 0.4) is 0 Å². The van der Waals surface area contributed by atoms with E-state index in [2.05, 4.69) is 48.5 Å². The Morgan fingerprint density at radius 1 is 0.632 bits per heavy atom. The predicted octanol–water partition coefficient (Wildman–Crippen LogP) is 3.96. The van der Waals surface area contributed by atoms with Gasteiger partial charge in [-0.05, 0) is 58.4 Å². The Morgan fingerprint density at radius 3 is 2.37 bits per heavy atom. The van der Waals surface area contributed by atoms with Gasteiger partial charge in [-0.2, -0.15) is 0 Å². The molecule has 0 aromatic heterocycles. The lowest BCUT2D eigenvalue weighted by Crippen LogP contribution is -2.02. The van der Waals surface area contributed by atoms with Crippen LogP contribution in [0.4, 0.5) is 0 Å². The van der Waals surface area contributed by atoms with Gasteiger partial charge in [-0.25, -0.2) is 0 Å². The van der Waals surface area contributed by atoms with E-state index >= 15 is 0 Å². The molecule has 4 rings (SSSR count). The number of rotatable bonds is 0. The number of hydrogen-bond donors (Lipinski definition) is 0. The van der Waals surface area contributed by atoms with Crippen molar-refractivity contribution in [2.24, 2.45) is 0 Å². The summed E-state index contributed by atoms with van der Waals surface area (Å²) in [5.74, 6) is 0. The van der Waals surface area contributed by atoms with Crippen LogP contribution in [0.5, 0.6) is 0 Å². The predicted molar refractivity (Wildman–Crippen MR) is 86.6 cm³/mol. The van der Waals surface area contributed by atoms with Gasteiger partial charge in [-0.3, -0.25) is 0 Å². The van der Waals surface area contributed by atoms with Gasteiger partial charge in [0.15, 0.2) is 0 Å². The highest BCUT2D eigenvalue weighted by atomic mass is 24.3. The average molecular weight is 259 g/mol. The molecule has 0 aliphatic heterocycles. The highest BCUT2D eigenvalue weighted by Gasteiger charge is 2.12. The molecule has 0 radical (unpaired) electrons. The quantitative estimate of drug-likeness (QED) is 0.423. The normalized spacial score (nSPS) is 14.1. The lowest BCUT2D eigenvalue weighted by molar-refractivity contribution is 0.690. The van der Waals surface area contributed by atoms with Crippen molar-refractivity contribution in [1.82, 2.24) is 0 Å². The van der Waals surface area contributed by atoms with E-state index in [0.29, 0.717) is 0 Å². The second-order valence-electron chi connectivity index (χ2n) is 5.29. The molecule has 92 valence electrons. The van der Waals surface area contributed by atoms with E-state index < -0.39 is 0 Å². The van der Waals surface area contributed by atoms with E-state index in [-0.39, 0.29) is 23.1 Å². The fraction of sp³-hybridized carbons (Fsp3) is 0.222. The molecule has 0 saturated carbocycles. The van der Waals surface area contributed by atoms with Crippen molar-refractivity contribution in [3.05, 3.63) is 59.7 Å². The van der Waals surface area contributed by atoms with Crippen LogP contribution in [0.1, 0.15) is 24.0 Å². The number of fused-ring (bicyclic) bond motifs is 5. The van der Waals surface area contributed by atoms with Gasteiger partial charge in [-0.15, -0.1) is 0 Å². The van der Waals surface area contributed by atoms with E-state index in [0.717, 1.165) is 0 Å². The summed E-state index contributed by atoms with van der Waals surface area (Å²) < 4.78 is 0. The van der Waals surface area contributed by atoms with E-state index in [1.807, 2.05) is 0 Å². The molecule has 0 fully saturated rings. The molecule has 3 aromatic rings. The van der Waals surface area contributed by atoms with E-state index in [9.17, 15) is 0 Å². The molecule has 0 atom stereocenters. The molecule has 0 bridgehead atoms. The summed E-state index contributed by atoms with van der Waals surface area (Å²) in [5.41, 5.74) is 3.17. The molecule has 1 aliphatic carbocycles. The SMILES string of the molecule is [MgH2].c1ccc2c(c1)ccc1c3c(ccc12)CCCC3. The molecule has 19 heavy (non-hydrogen) atoms. The lowest BCUT2D eigenvalue weighted by atomic mass is 9.86. The van der Waals surface area contributed by atoms with Crippen LogP contribution in [0.2, 0.25) is 0 Å². The van der Waals surface area contributed by atoms with Crippen LogP contribution < -0.4 is 0 Å². The van der Waals surface area contributed by atoms with Crippen molar-refractivity contribution < 1.29 is 0 Å². The van der Waals surface area contributed by atoms with Crippen LogP contribution in [-0.2, 0) is 12.8 Å². The van der Waals surface area contributed by atoms with Crippen LogP contribution >= 0.6 is 0 Å². The van der Waals surface area contributed by atoms with Crippen LogP contribution in [0, 0.1) is 0 Å². The Bertz CT molecular complexity index is 743. The number of hydrogen-bond acceptors (Lipinski definition) is 0. The van der Waals surface area contributed by atoms with Crippen molar-refractivity contribution in [2.75, 3.05) is 0 Å². The molecular formula is C18H18Mg. The summed E-state index contributed by atoms with van der Waals surface area (Å²) in [6, 6.07) is 18.0. The standard InChI is InChI=1S/C18H16.Mg.2H/c1-3-7-15-13(5-1)9-11-18-16-8-4-2-6-14(16)10-12-17(15)18;;;/h1,3,5,7,9-12H,2,4,6,8H2;;;. The van der Waals surface area contributed by atoms with Gasteiger partial charge in [-0.1, -0.05) is 48.5 Å². The average Bonchev–Trinajstić information content (AvgIpc) is 2.46. The third-order valence-corrected chi connectivity index (χ3v) is 4.26. The fourth-order valence-corrected chi connectivity index (χ4v) is 3.34. The van der Waals surface area contributed by atoms with Crippen LogP contribution in [-0.4, -0.2) is 23.1 Å². The summed E-state index contributed by atoms with van der Waals surface area (Å²) in [7, 11) is 0. The van der Waals surface area contributed by atoms with Crippen molar-refractivity contribution in [2.45, 2.75) is 25.7 Å².